The Labute approximate surface area is 258 Å². The van der Waals surface area contributed by atoms with Gasteiger partial charge in [-0.2, -0.15) is 4.31 Å². The highest BCUT2D eigenvalue weighted by Gasteiger charge is 2.44. The van der Waals surface area contributed by atoms with E-state index in [1.54, 1.807) is 24.4 Å². The molecular formula is C30H39N5O7S2. The summed E-state index contributed by atoms with van der Waals surface area (Å²) in [5.74, 6) is 0.342. The maximum Gasteiger partial charge on any atom is 0.244 e. The molecule has 1 spiro atoms. The zero-order valence-electron chi connectivity index (χ0n) is 24.6. The summed E-state index contributed by atoms with van der Waals surface area (Å²) in [6.45, 7) is 1.81. The second-order valence-corrected chi connectivity index (χ2v) is 15.0. The second-order valence-electron chi connectivity index (χ2n) is 11.2. The Balaban J connectivity index is 1.10. The molecule has 2 fully saturated rings. The maximum atomic E-state index is 13.5. The first-order chi connectivity index (χ1) is 21.0. The van der Waals surface area contributed by atoms with Crippen LogP contribution in [-0.2, 0) is 31.3 Å². The van der Waals surface area contributed by atoms with Gasteiger partial charge in [0.1, 0.15) is 23.4 Å². The molecule has 0 radical (unpaired) electrons. The van der Waals surface area contributed by atoms with Crippen LogP contribution in [0.25, 0.3) is 11.1 Å². The Morgan fingerprint density at radius 2 is 1.82 bits per heavy atom. The number of aliphatic hydroxyl groups is 1. The van der Waals surface area contributed by atoms with E-state index in [9.17, 15) is 21.9 Å². The molecule has 2 saturated heterocycles. The molecule has 2 aromatic carbocycles. The monoisotopic (exact) mass is 645 g/mol. The van der Waals surface area contributed by atoms with E-state index in [-0.39, 0.29) is 29.0 Å². The van der Waals surface area contributed by atoms with Crippen molar-refractivity contribution >= 4 is 20.0 Å². The SMILES string of the molecule is CNS(=O)(=O)c1cccc(OC[C@@H](O)CN[C@H]2COC3(CCN(S(=O)(=O)c4cncc(-c5ccc(CN)cc5)c4)CC3)C2)c1. The van der Waals surface area contributed by atoms with E-state index in [2.05, 4.69) is 15.0 Å². The van der Waals surface area contributed by atoms with Crippen LogP contribution < -0.4 is 20.5 Å². The number of aliphatic hydroxyl groups excluding tert-OH is 1. The fraction of sp³-hybridized carbons (Fsp3) is 0.433. The van der Waals surface area contributed by atoms with Crippen LogP contribution >= 0.6 is 0 Å². The average Bonchev–Trinajstić information content (AvgIpc) is 3.45. The molecule has 14 heteroatoms. The quantitative estimate of drug-likeness (QED) is 0.226. The van der Waals surface area contributed by atoms with Gasteiger partial charge in [0.2, 0.25) is 20.0 Å². The molecule has 12 nitrogen and oxygen atoms in total. The number of nitrogens with two attached hydrogens (primary N) is 1. The fourth-order valence-corrected chi connectivity index (χ4v) is 7.76. The molecule has 0 unspecified atom stereocenters. The van der Waals surface area contributed by atoms with Gasteiger partial charge in [0.15, 0.2) is 0 Å². The van der Waals surface area contributed by atoms with Crippen LogP contribution in [0.5, 0.6) is 5.75 Å². The largest absolute Gasteiger partial charge is 0.491 e. The van der Waals surface area contributed by atoms with E-state index in [4.69, 9.17) is 15.2 Å². The lowest BCUT2D eigenvalue weighted by atomic mass is 9.88. The van der Waals surface area contributed by atoms with Crippen molar-refractivity contribution in [1.29, 1.82) is 0 Å². The lowest BCUT2D eigenvalue weighted by molar-refractivity contribution is -0.0312. The minimum absolute atomic E-state index is 0.00319. The zero-order valence-corrected chi connectivity index (χ0v) is 26.2. The van der Waals surface area contributed by atoms with Gasteiger partial charge in [-0.1, -0.05) is 30.3 Å². The molecule has 5 rings (SSSR count). The Morgan fingerprint density at radius 1 is 1.07 bits per heavy atom. The van der Waals surface area contributed by atoms with Crippen LogP contribution in [0, 0.1) is 0 Å². The average molecular weight is 646 g/mol. The predicted molar refractivity (Wildman–Crippen MR) is 165 cm³/mol. The standard InChI is InChI=1S/C30H39N5O7S2/c1-32-43(37,38)28-4-2-3-27(14-28)41-21-26(36)18-34-25-15-30(42-20-25)9-11-35(12-10-30)44(39,40)29-13-24(17-33-19-29)23-7-5-22(16-31)6-8-23/h2-8,13-14,17,19,25-26,32,34,36H,9-12,15-16,18,20-21,31H2,1H3/t25-,26+/m1/s1. The number of hydrogen-bond donors (Lipinski definition) is 4. The van der Waals surface area contributed by atoms with Crippen molar-refractivity contribution < 1.29 is 31.4 Å². The molecule has 2 atom stereocenters. The number of sulfonamides is 2. The number of rotatable bonds is 12. The van der Waals surface area contributed by atoms with Gasteiger partial charge in [0, 0.05) is 56.2 Å². The molecule has 3 aromatic rings. The summed E-state index contributed by atoms with van der Waals surface area (Å²) < 4.78 is 66.6. The lowest BCUT2D eigenvalue weighted by Gasteiger charge is -2.38. The Kier molecular flexibility index (Phi) is 10.0. The van der Waals surface area contributed by atoms with Crippen molar-refractivity contribution in [3.05, 3.63) is 72.6 Å². The molecule has 238 valence electrons. The number of aromatic nitrogens is 1. The van der Waals surface area contributed by atoms with E-state index in [1.807, 2.05) is 24.3 Å². The van der Waals surface area contributed by atoms with Gasteiger partial charge in [0.25, 0.3) is 0 Å². The number of nitrogens with zero attached hydrogens (tertiary/aromatic N) is 2. The van der Waals surface area contributed by atoms with Crippen LogP contribution in [0.15, 0.2) is 76.8 Å². The minimum atomic E-state index is -3.73. The summed E-state index contributed by atoms with van der Waals surface area (Å²) in [4.78, 5) is 4.45. The molecule has 44 heavy (non-hydrogen) atoms. The third-order valence-corrected chi connectivity index (χ3v) is 11.5. The predicted octanol–water partition coefficient (Wildman–Crippen LogP) is 1.46. The summed E-state index contributed by atoms with van der Waals surface area (Å²) in [6, 6.07) is 15.4. The van der Waals surface area contributed by atoms with Crippen LogP contribution in [-0.4, -0.2) is 88.9 Å². The maximum absolute atomic E-state index is 13.5. The molecule has 2 aliphatic heterocycles. The third kappa shape index (κ3) is 7.46. The third-order valence-electron chi connectivity index (χ3n) is 8.19. The topological polar surface area (TPSA) is 173 Å². The first kappa shape index (κ1) is 32.4. The van der Waals surface area contributed by atoms with Crippen molar-refractivity contribution in [3.63, 3.8) is 0 Å². The summed E-state index contributed by atoms with van der Waals surface area (Å²) in [6.07, 6.45) is 4.05. The van der Waals surface area contributed by atoms with Crippen LogP contribution in [0.4, 0.5) is 0 Å². The lowest BCUT2D eigenvalue weighted by Crippen LogP contribution is -2.47. The molecule has 1 aromatic heterocycles. The van der Waals surface area contributed by atoms with E-state index < -0.39 is 31.8 Å². The smallest absolute Gasteiger partial charge is 0.244 e. The van der Waals surface area contributed by atoms with Gasteiger partial charge in [-0.15, -0.1) is 0 Å². The minimum Gasteiger partial charge on any atom is -0.491 e. The Hall–Kier alpha value is -2.95. The van der Waals surface area contributed by atoms with Gasteiger partial charge < -0.3 is 25.6 Å². The van der Waals surface area contributed by atoms with E-state index in [0.717, 1.165) is 16.7 Å². The summed E-state index contributed by atoms with van der Waals surface area (Å²) in [5.41, 5.74) is 7.85. The number of ether oxygens (including phenoxy) is 2. The van der Waals surface area contributed by atoms with Crippen LogP contribution in [0.3, 0.4) is 0 Å². The normalized spacial score (nSPS) is 19.7. The van der Waals surface area contributed by atoms with E-state index >= 15 is 0 Å². The number of hydrogen-bond acceptors (Lipinski definition) is 10. The molecular weight excluding hydrogens is 606 g/mol. The number of piperidine rings is 1. The van der Waals surface area contributed by atoms with Crippen molar-refractivity contribution in [2.24, 2.45) is 5.73 Å². The molecule has 0 bridgehead atoms. The van der Waals surface area contributed by atoms with Crippen molar-refractivity contribution in [3.8, 4) is 16.9 Å². The molecule has 0 saturated carbocycles. The summed E-state index contributed by atoms with van der Waals surface area (Å²) in [5, 5.41) is 13.8. The highest BCUT2D eigenvalue weighted by Crippen LogP contribution is 2.37. The summed E-state index contributed by atoms with van der Waals surface area (Å²) in [7, 11) is -5.99. The zero-order chi connectivity index (χ0) is 31.4. The highest BCUT2D eigenvalue weighted by atomic mass is 32.2. The van der Waals surface area contributed by atoms with E-state index in [0.29, 0.717) is 51.3 Å². The molecule has 0 aliphatic carbocycles. The van der Waals surface area contributed by atoms with Gasteiger partial charge in [-0.3, -0.25) is 4.98 Å². The molecule has 3 heterocycles. The Bertz CT molecular complexity index is 1640. The highest BCUT2D eigenvalue weighted by molar-refractivity contribution is 7.89. The van der Waals surface area contributed by atoms with Crippen molar-refractivity contribution in [2.45, 2.75) is 53.3 Å². The van der Waals surface area contributed by atoms with Gasteiger partial charge in [0.05, 0.1) is 17.1 Å². The first-order valence-corrected chi connectivity index (χ1v) is 17.4. The number of benzene rings is 2. The van der Waals surface area contributed by atoms with Crippen LogP contribution in [0.1, 0.15) is 24.8 Å². The van der Waals surface area contributed by atoms with Gasteiger partial charge in [-0.05, 0) is 55.6 Å². The molecule has 0 amide bonds. The molecule has 2 aliphatic rings. The number of nitrogens with one attached hydrogen (secondary N) is 2. The molecule has 5 N–H and O–H groups in total. The van der Waals surface area contributed by atoms with Crippen LogP contribution in [0.2, 0.25) is 0 Å². The first-order valence-electron chi connectivity index (χ1n) is 14.5. The van der Waals surface area contributed by atoms with Gasteiger partial charge in [-0.25, -0.2) is 21.6 Å². The Morgan fingerprint density at radius 3 is 2.52 bits per heavy atom. The number of pyridine rings is 1. The van der Waals surface area contributed by atoms with Crippen molar-refractivity contribution in [2.75, 3.05) is 39.9 Å². The van der Waals surface area contributed by atoms with Crippen molar-refractivity contribution in [1.82, 2.24) is 19.3 Å². The second kappa shape index (κ2) is 13.6. The van der Waals surface area contributed by atoms with E-state index in [1.165, 1.54) is 29.7 Å². The fourth-order valence-electron chi connectivity index (χ4n) is 5.56. The summed E-state index contributed by atoms with van der Waals surface area (Å²) >= 11 is 0. The van der Waals surface area contributed by atoms with Gasteiger partial charge >= 0.3 is 0 Å².